The Morgan fingerprint density at radius 3 is 3.05 bits per heavy atom. The highest BCUT2D eigenvalue weighted by Gasteiger charge is 2.41. The Morgan fingerprint density at radius 2 is 2.30 bits per heavy atom. The fraction of sp³-hybridized carbons (Fsp3) is 0.733. The zero-order valence-corrected chi connectivity index (χ0v) is 12.0. The van der Waals surface area contributed by atoms with Crippen LogP contribution in [0.2, 0.25) is 0 Å². The maximum Gasteiger partial charge on any atom is 0.318 e. The van der Waals surface area contributed by atoms with Crippen LogP contribution in [0, 0.1) is 5.92 Å². The van der Waals surface area contributed by atoms with Crippen molar-refractivity contribution < 1.29 is 4.79 Å². The highest BCUT2D eigenvalue weighted by atomic mass is 16.2. The lowest BCUT2D eigenvalue weighted by Gasteiger charge is -2.31. The van der Waals surface area contributed by atoms with Gasteiger partial charge in [0.15, 0.2) is 0 Å². The lowest BCUT2D eigenvalue weighted by Crippen LogP contribution is -2.45. The van der Waals surface area contributed by atoms with Crippen molar-refractivity contribution in [2.75, 3.05) is 6.54 Å². The lowest BCUT2D eigenvalue weighted by molar-refractivity contribution is 0.176. The molecule has 1 aromatic rings. The summed E-state index contributed by atoms with van der Waals surface area (Å²) in [5.41, 5.74) is 2.50. The van der Waals surface area contributed by atoms with Crippen LogP contribution in [-0.2, 0) is 13.5 Å². The van der Waals surface area contributed by atoms with E-state index < -0.39 is 0 Å². The van der Waals surface area contributed by atoms with Crippen LogP contribution in [0.5, 0.6) is 0 Å². The van der Waals surface area contributed by atoms with E-state index in [2.05, 4.69) is 15.3 Å². The summed E-state index contributed by atoms with van der Waals surface area (Å²) in [4.78, 5) is 14.6. The number of aryl methyl sites for hydroxylation is 1. The van der Waals surface area contributed by atoms with Crippen molar-refractivity contribution in [1.82, 2.24) is 20.0 Å². The number of aromatic nitrogens is 2. The van der Waals surface area contributed by atoms with Crippen molar-refractivity contribution in [3.63, 3.8) is 0 Å². The molecule has 2 aliphatic carbocycles. The summed E-state index contributed by atoms with van der Waals surface area (Å²) in [6.07, 6.45) is 8.89. The predicted molar refractivity (Wildman–Crippen MR) is 75.3 cm³/mol. The van der Waals surface area contributed by atoms with Gasteiger partial charge in [-0.1, -0.05) is 0 Å². The van der Waals surface area contributed by atoms with Crippen molar-refractivity contribution in [3.8, 4) is 0 Å². The summed E-state index contributed by atoms with van der Waals surface area (Å²) in [6, 6.07) is 0.787. The minimum absolute atomic E-state index is 0.138. The molecule has 4 rings (SSSR count). The van der Waals surface area contributed by atoms with Crippen LogP contribution in [-0.4, -0.2) is 33.3 Å². The zero-order chi connectivity index (χ0) is 13.7. The number of piperidine rings is 1. The number of amides is 2. The van der Waals surface area contributed by atoms with Crippen molar-refractivity contribution in [3.05, 3.63) is 17.5 Å². The molecule has 1 aromatic heterocycles. The number of rotatable bonds is 1. The fourth-order valence-corrected chi connectivity index (χ4v) is 4.26. The first-order valence-electron chi connectivity index (χ1n) is 7.80. The van der Waals surface area contributed by atoms with Gasteiger partial charge in [0.2, 0.25) is 0 Å². The molecule has 1 aliphatic heterocycles. The number of urea groups is 1. The summed E-state index contributed by atoms with van der Waals surface area (Å²) in [6.45, 7) is 0.961. The SMILES string of the molecule is Cn1ncc2c1CCCC2NC(=O)N1CC2CCC1C2. The smallest absolute Gasteiger partial charge is 0.318 e. The molecule has 108 valence electrons. The van der Waals surface area contributed by atoms with Gasteiger partial charge in [0.25, 0.3) is 0 Å². The molecule has 3 unspecified atom stereocenters. The number of likely N-dealkylation sites (tertiary alicyclic amines) is 1. The molecule has 5 heteroatoms. The lowest BCUT2D eigenvalue weighted by atomic mass is 9.93. The predicted octanol–water partition coefficient (Wildman–Crippen LogP) is 1.99. The van der Waals surface area contributed by atoms with Crippen molar-refractivity contribution in [2.45, 2.75) is 50.6 Å². The molecule has 1 N–H and O–H groups in total. The number of carbonyl (C=O) groups is 1. The summed E-state index contributed by atoms with van der Waals surface area (Å²) in [7, 11) is 1.99. The molecular formula is C15H22N4O. The number of carbonyl (C=O) groups excluding carboxylic acids is 1. The second-order valence-corrected chi connectivity index (χ2v) is 6.55. The first-order valence-corrected chi connectivity index (χ1v) is 7.80. The van der Waals surface area contributed by atoms with Crippen LogP contribution in [0.4, 0.5) is 4.79 Å². The van der Waals surface area contributed by atoms with E-state index in [9.17, 15) is 4.79 Å². The highest BCUT2D eigenvalue weighted by Crippen LogP contribution is 2.38. The van der Waals surface area contributed by atoms with Crippen LogP contribution in [0.15, 0.2) is 6.20 Å². The van der Waals surface area contributed by atoms with Crippen molar-refractivity contribution in [1.29, 1.82) is 0 Å². The Balaban J connectivity index is 1.48. The van der Waals surface area contributed by atoms with Gasteiger partial charge in [-0.15, -0.1) is 0 Å². The monoisotopic (exact) mass is 274 g/mol. The quantitative estimate of drug-likeness (QED) is 0.851. The number of nitrogens with one attached hydrogen (secondary N) is 1. The highest BCUT2D eigenvalue weighted by molar-refractivity contribution is 5.75. The Kier molecular flexibility index (Phi) is 2.75. The molecule has 2 heterocycles. The van der Waals surface area contributed by atoms with Crippen LogP contribution in [0.3, 0.4) is 0 Å². The minimum Gasteiger partial charge on any atom is -0.331 e. The molecule has 0 radical (unpaired) electrons. The van der Waals surface area contributed by atoms with Crippen LogP contribution < -0.4 is 5.32 Å². The van der Waals surface area contributed by atoms with Gasteiger partial charge in [0.05, 0.1) is 12.2 Å². The van der Waals surface area contributed by atoms with E-state index in [1.807, 2.05) is 17.9 Å². The zero-order valence-electron chi connectivity index (χ0n) is 12.0. The topological polar surface area (TPSA) is 50.2 Å². The molecule has 3 aliphatic rings. The molecule has 1 saturated carbocycles. The molecule has 2 fully saturated rings. The number of hydrogen-bond donors (Lipinski definition) is 1. The first-order chi connectivity index (χ1) is 9.72. The van der Waals surface area contributed by atoms with E-state index in [0.29, 0.717) is 6.04 Å². The Labute approximate surface area is 119 Å². The second-order valence-electron chi connectivity index (χ2n) is 6.55. The fourth-order valence-electron chi connectivity index (χ4n) is 4.26. The van der Waals surface area contributed by atoms with E-state index in [0.717, 1.165) is 31.7 Å². The second kappa shape index (κ2) is 4.50. The van der Waals surface area contributed by atoms with Crippen LogP contribution >= 0.6 is 0 Å². The van der Waals surface area contributed by atoms with Gasteiger partial charge in [-0.25, -0.2) is 4.79 Å². The Bertz CT molecular complexity index is 538. The van der Waals surface area contributed by atoms with Gasteiger partial charge in [-0.05, 0) is 44.4 Å². The normalized spacial score (nSPS) is 31.4. The van der Waals surface area contributed by atoms with E-state index in [1.54, 1.807) is 0 Å². The van der Waals surface area contributed by atoms with Crippen LogP contribution in [0.1, 0.15) is 49.4 Å². The summed E-state index contributed by atoms with van der Waals surface area (Å²) >= 11 is 0. The molecule has 2 bridgehead atoms. The van der Waals surface area contributed by atoms with Gasteiger partial charge < -0.3 is 10.2 Å². The van der Waals surface area contributed by atoms with E-state index >= 15 is 0 Å². The maximum atomic E-state index is 12.5. The van der Waals surface area contributed by atoms with Gasteiger partial charge in [0, 0.05) is 30.9 Å². The van der Waals surface area contributed by atoms with Gasteiger partial charge in [-0.3, -0.25) is 4.68 Å². The van der Waals surface area contributed by atoms with E-state index in [1.165, 1.54) is 30.5 Å². The van der Waals surface area contributed by atoms with Crippen molar-refractivity contribution in [2.24, 2.45) is 13.0 Å². The third-order valence-corrected chi connectivity index (χ3v) is 5.34. The summed E-state index contributed by atoms with van der Waals surface area (Å²) in [5, 5.41) is 7.59. The summed E-state index contributed by atoms with van der Waals surface area (Å²) in [5.74, 6) is 0.756. The molecule has 3 atom stereocenters. The summed E-state index contributed by atoms with van der Waals surface area (Å²) < 4.78 is 1.95. The standard InChI is InChI=1S/C15H22N4O/c1-18-14-4-2-3-13(12(14)8-16-18)17-15(20)19-9-10-5-6-11(19)7-10/h8,10-11,13H,2-7,9H2,1H3,(H,17,20). The number of fused-ring (bicyclic) bond motifs is 3. The van der Waals surface area contributed by atoms with Crippen LogP contribution in [0.25, 0.3) is 0 Å². The molecule has 0 aromatic carbocycles. The van der Waals surface area contributed by atoms with Gasteiger partial charge in [0.1, 0.15) is 0 Å². The Hall–Kier alpha value is -1.52. The molecule has 5 nitrogen and oxygen atoms in total. The molecule has 1 saturated heterocycles. The Morgan fingerprint density at radius 1 is 1.40 bits per heavy atom. The van der Waals surface area contributed by atoms with Gasteiger partial charge >= 0.3 is 6.03 Å². The average Bonchev–Trinajstić information content (AvgIpc) is 3.15. The molecule has 20 heavy (non-hydrogen) atoms. The third kappa shape index (κ3) is 1.83. The largest absolute Gasteiger partial charge is 0.331 e. The van der Waals surface area contributed by atoms with E-state index in [4.69, 9.17) is 0 Å². The minimum atomic E-state index is 0.138. The maximum absolute atomic E-state index is 12.5. The third-order valence-electron chi connectivity index (χ3n) is 5.34. The van der Waals surface area contributed by atoms with Crippen molar-refractivity contribution >= 4 is 6.03 Å². The van der Waals surface area contributed by atoms with E-state index in [-0.39, 0.29) is 12.1 Å². The first kappa shape index (κ1) is 12.2. The molecule has 2 amide bonds. The average molecular weight is 274 g/mol. The van der Waals surface area contributed by atoms with Gasteiger partial charge in [-0.2, -0.15) is 5.10 Å². The number of hydrogen-bond acceptors (Lipinski definition) is 2. The number of nitrogens with zero attached hydrogens (tertiary/aromatic N) is 3. The molecule has 0 spiro atoms. The molecular weight excluding hydrogens is 252 g/mol.